The van der Waals surface area contributed by atoms with E-state index in [1.165, 1.54) is 11.3 Å². The van der Waals surface area contributed by atoms with Gasteiger partial charge in [-0.05, 0) is 25.1 Å². The number of hydrogen-bond donors (Lipinski definition) is 1. The number of nitrogens with two attached hydrogens (primary N) is 1. The maximum Gasteiger partial charge on any atom is 0.317 e. The van der Waals surface area contributed by atoms with E-state index in [1.54, 1.807) is 6.92 Å². The summed E-state index contributed by atoms with van der Waals surface area (Å²) in [7, 11) is 0. The third-order valence-electron chi connectivity index (χ3n) is 2.18. The monoisotopic (exact) mass is 260 g/mol. The molecule has 0 aliphatic heterocycles. The number of nitrogen functional groups attached to an aromatic ring is 1. The van der Waals surface area contributed by atoms with Crippen LogP contribution in [-0.2, 0) is 9.53 Å². The molecule has 0 aliphatic carbocycles. The number of thiazole rings is 1. The summed E-state index contributed by atoms with van der Waals surface area (Å²) < 4.78 is 5.78. The van der Waals surface area contributed by atoms with Gasteiger partial charge in [0.2, 0.25) is 0 Å². The average Bonchev–Trinajstić information content (AvgIpc) is 2.69. The van der Waals surface area contributed by atoms with E-state index in [9.17, 15) is 4.79 Å². The van der Waals surface area contributed by atoms with Gasteiger partial charge in [0, 0.05) is 5.56 Å². The number of fused-ring (bicyclic) bond motifs is 1. The van der Waals surface area contributed by atoms with Crippen molar-refractivity contribution in [3.63, 3.8) is 0 Å². The number of rotatable bonds is 2. The highest BCUT2D eigenvalue weighted by molar-refractivity contribution is 7.22. The van der Waals surface area contributed by atoms with Gasteiger partial charge < -0.3 is 10.5 Å². The van der Waals surface area contributed by atoms with E-state index < -0.39 is 0 Å². The second-order valence-corrected chi connectivity index (χ2v) is 4.58. The Morgan fingerprint density at radius 2 is 2.39 bits per heavy atom. The molecule has 1 heterocycles. The molecule has 2 N–H and O–H groups in total. The van der Waals surface area contributed by atoms with Crippen molar-refractivity contribution >= 4 is 32.7 Å². The van der Waals surface area contributed by atoms with Gasteiger partial charge in [0.25, 0.3) is 0 Å². The van der Waals surface area contributed by atoms with Crippen molar-refractivity contribution in [3.05, 3.63) is 23.8 Å². The Morgan fingerprint density at radius 1 is 1.56 bits per heavy atom. The lowest BCUT2D eigenvalue weighted by Gasteiger charge is -1.94. The first-order valence-electron chi connectivity index (χ1n) is 5.49. The molecule has 2 rings (SSSR count). The van der Waals surface area contributed by atoms with Crippen molar-refractivity contribution in [1.29, 1.82) is 0 Å². The highest BCUT2D eigenvalue weighted by Crippen LogP contribution is 2.24. The molecule has 0 atom stereocenters. The number of ether oxygens (including phenoxy) is 1. The Kier molecular flexibility index (Phi) is 3.80. The zero-order valence-electron chi connectivity index (χ0n) is 9.90. The van der Waals surface area contributed by atoms with Crippen LogP contribution in [0.25, 0.3) is 10.2 Å². The van der Waals surface area contributed by atoms with Gasteiger partial charge in [-0.15, -0.1) is 0 Å². The van der Waals surface area contributed by atoms with Gasteiger partial charge in [-0.1, -0.05) is 23.2 Å². The predicted molar refractivity (Wildman–Crippen MR) is 72.2 cm³/mol. The lowest BCUT2D eigenvalue weighted by atomic mass is 10.2. The maximum absolute atomic E-state index is 11.1. The van der Waals surface area contributed by atoms with Crippen molar-refractivity contribution in [2.45, 2.75) is 13.3 Å². The Balaban J connectivity index is 2.12. The molecule has 0 radical (unpaired) electrons. The number of aromatic nitrogens is 1. The Labute approximate surface area is 109 Å². The molecule has 0 amide bonds. The fourth-order valence-electron chi connectivity index (χ4n) is 1.45. The second-order valence-electron chi connectivity index (χ2n) is 3.52. The highest BCUT2D eigenvalue weighted by atomic mass is 32.1. The van der Waals surface area contributed by atoms with E-state index in [0.717, 1.165) is 15.8 Å². The van der Waals surface area contributed by atoms with Crippen LogP contribution in [0.4, 0.5) is 5.13 Å². The average molecular weight is 260 g/mol. The molecule has 18 heavy (non-hydrogen) atoms. The molecule has 92 valence electrons. The van der Waals surface area contributed by atoms with E-state index in [0.29, 0.717) is 11.7 Å². The SMILES string of the molecule is CCOC(=O)CC#Cc1ccc2nc(N)sc2c1. The van der Waals surface area contributed by atoms with Crippen LogP contribution in [0.3, 0.4) is 0 Å². The summed E-state index contributed by atoms with van der Waals surface area (Å²) in [6, 6.07) is 5.65. The number of anilines is 1. The largest absolute Gasteiger partial charge is 0.465 e. The Morgan fingerprint density at radius 3 is 3.17 bits per heavy atom. The molecule has 2 aromatic rings. The summed E-state index contributed by atoms with van der Waals surface area (Å²) in [5, 5.41) is 0.543. The minimum Gasteiger partial charge on any atom is -0.465 e. The van der Waals surface area contributed by atoms with Crippen LogP contribution in [0.5, 0.6) is 0 Å². The molecular weight excluding hydrogens is 248 g/mol. The standard InChI is InChI=1S/C13H12N2O2S/c1-2-17-12(16)5-3-4-9-6-7-10-11(8-9)18-13(14)15-10/h6-8H,2,5H2,1H3,(H2,14,15). The van der Waals surface area contributed by atoms with Gasteiger partial charge in [0.1, 0.15) is 6.42 Å². The fraction of sp³-hybridized carbons (Fsp3) is 0.231. The summed E-state index contributed by atoms with van der Waals surface area (Å²) in [5.74, 6) is 5.41. The first-order valence-corrected chi connectivity index (χ1v) is 6.31. The quantitative estimate of drug-likeness (QED) is 0.664. The molecule has 4 nitrogen and oxygen atoms in total. The predicted octanol–water partition coefficient (Wildman–Crippen LogP) is 2.18. The van der Waals surface area contributed by atoms with E-state index in [2.05, 4.69) is 16.8 Å². The third-order valence-corrected chi connectivity index (χ3v) is 3.02. The van der Waals surface area contributed by atoms with Crippen LogP contribution in [0.2, 0.25) is 0 Å². The summed E-state index contributed by atoms with van der Waals surface area (Å²) in [6.07, 6.45) is 0.108. The van der Waals surface area contributed by atoms with Gasteiger partial charge in [0.15, 0.2) is 5.13 Å². The number of carbonyl (C=O) groups is 1. The van der Waals surface area contributed by atoms with Gasteiger partial charge in [-0.25, -0.2) is 4.98 Å². The minimum absolute atomic E-state index is 0.108. The lowest BCUT2D eigenvalue weighted by molar-refractivity contribution is -0.141. The van der Waals surface area contributed by atoms with E-state index >= 15 is 0 Å². The highest BCUT2D eigenvalue weighted by Gasteiger charge is 2.01. The van der Waals surface area contributed by atoms with Crippen LogP contribution in [-0.4, -0.2) is 17.6 Å². The number of hydrogen-bond acceptors (Lipinski definition) is 5. The molecule has 0 unspecified atom stereocenters. The molecule has 0 spiro atoms. The number of benzene rings is 1. The van der Waals surface area contributed by atoms with E-state index in [1.807, 2.05) is 18.2 Å². The van der Waals surface area contributed by atoms with Gasteiger partial charge >= 0.3 is 5.97 Å². The van der Waals surface area contributed by atoms with Crippen molar-refractivity contribution in [2.24, 2.45) is 0 Å². The normalized spacial score (nSPS) is 9.83. The molecule has 0 fully saturated rings. The number of nitrogens with zero attached hydrogens (tertiary/aromatic N) is 1. The molecule has 0 saturated heterocycles. The van der Waals surface area contributed by atoms with Crippen LogP contribution in [0.1, 0.15) is 18.9 Å². The van der Waals surface area contributed by atoms with Gasteiger partial charge in [0.05, 0.1) is 16.8 Å². The summed E-state index contributed by atoms with van der Waals surface area (Å²) in [5.41, 5.74) is 7.34. The van der Waals surface area contributed by atoms with Gasteiger partial charge in [-0.2, -0.15) is 0 Å². The summed E-state index contributed by atoms with van der Waals surface area (Å²) in [4.78, 5) is 15.3. The maximum atomic E-state index is 11.1. The topological polar surface area (TPSA) is 65.2 Å². The van der Waals surface area contributed by atoms with Crippen LogP contribution in [0.15, 0.2) is 18.2 Å². The van der Waals surface area contributed by atoms with Crippen molar-refractivity contribution < 1.29 is 9.53 Å². The van der Waals surface area contributed by atoms with Crippen LogP contribution < -0.4 is 5.73 Å². The van der Waals surface area contributed by atoms with Crippen molar-refractivity contribution in [3.8, 4) is 11.8 Å². The van der Waals surface area contributed by atoms with Crippen LogP contribution in [0, 0.1) is 11.8 Å². The number of esters is 1. The zero-order chi connectivity index (χ0) is 13.0. The molecule has 1 aromatic carbocycles. The molecule has 1 aromatic heterocycles. The first kappa shape index (κ1) is 12.4. The smallest absolute Gasteiger partial charge is 0.317 e. The van der Waals surface area contributed by atoms with E-state index in [-0.39, 0.29) is 12.4 Å². The zero-order valence-corrected chi connectivity index (χ0v) is 10.7. The molecule has 0 saturated carbocycles. The number of carbonyl (C=O) groups excluding carboxylic acids is 1. The molecular formula is C13H12N2O2S. The van der Waals surface area contributed by atoms with Gasteiger partial charge in [-0.3, -0.25) is 4.79 Å². The third kappa shape index (κ3) is 2.99. The molecule has 0 bridgehead atoms. The first-order chi connectivity index (χ1) is 8.69. The summed E-state index contributed by atoms with van der Waals surface area (Å²) in [6.45, 7) is 2.15. The van der Waals surface area contributed by atoms with Crippen LogP contribution >= 0.6 is 11.3 Å². The molecule has 0 aliphatic rings. The second kappa shape index (κ2) is 5.52. The van der Waals surface area contributed by atoms with E-state index in [4.69, 9.17) is 10.5 Å². The lowest BCUT2D eigenvalue weighted by Crippen LogP contribution is -2.01. The van der Waals surface area contributed by atoms with Crippen molar-refractivity contribution in [1.82, 2.24) is 4.98 Å². The Bertz CT molecular complexity index is 637. The Hall–Kier alpha value is -2.06. The summed E-state index contributed by atoms with van der Waals surface area (Å²) >= 11 is 1.42. The fourth-order valence-corrected chi connectivity index (χ4v) is 2.22. The minimum atomic E-state index is -0.298. The molecule has 5 heteroatoms. The van der Waals surface area contributed by atoms with Crippen molar-refractivity contribution in [2.75, 3.05) is 12.3 Å².